The lowest BCUT2D eigenvalue weighted by molar-refractivity contribution is -0.139. The Balaban J connectivity index is 1.78. The molecule has 8 nitrogen and oxygen atoms in total. The highest BCUT2D eigenvalue weighted by Crippen LogP contribution is 2.47. The van der Waals surface area contributed by atoms with Crippen molar-refractivity contribution < 1.29 is 33.3 Å². The number of esters is 2. The highest BCUT2D eigenvalue weighted by molar-refractivity contribution is 5.98. The van der Waals surface area contributed by atoms with E-state index in [0.29, 0.717) is 23.4 Å². The number of hydrogen-bond acceptors (Lipinski definition) is 7. The quantitative estimate of drug-likeness (QED) is 0.235. The van der Waals surface area contributed by atoms with Crippen LogP contribution in [0.25, 0.3) is 10.9 Å². The third-order valence-electron chi connectivity index (χ3n) is 5.87. The molecule has 0 N–H and O–H groups in total. The second-order valence-corrected chi connectivity index (χ2v) is 8.38. The summed E-state index contributed by atoms with van der Waals surface area (Å²) in [6, 6.07) is 16.7. The van der Waals surface area contributed by atoms with Crippen LogP contribution in [0.3, 0.4) is 0 Å². The SMILES string of the molecule is CCOC(=O)/C=C(/OCC)C1C/C(=C\C(=O)OCc2ccccc2)Oc2c1c1ccccc1n2C(C)=O. The fourth-order valence-electron chi connectivity index (χ4n) is 4.40. The lowest BCUT2D eigenvalue weighted by Gasteiger charge is -2.28. The van der Waals surface area contributed by atoms with Gasteiger partial charge in [0.05, 0.1) is 36.8 Å². The fraction of sp³-hybridized carbons (Fsp3) is 0.276. The minimum Gasteiger partial charge on any atom is -0.497 e. The first-order valence-electron chi connectivity index (χ1n) is 12.2. The van der Waals surface area contributed by atoms with Crippen LogP contribution >= 0.6 is 0 Å². The van der Waals surface area contributed by atoms with Gasteiger partial charge in [0.1, 0.15) is 18.1 Å². The summed E-state index contributed by atoms with van der Waals surface area (Å²) in [5, 5.41) is 0.790. The van der Waals surface area contributed by atoms with E-state index in [-0.39, 0.29) is 37.2 Å². The Kier molecular flexibility index (Phi) is 8.08. The van der Waals surface area contributed by atoms with Crippen molar-refractivity contribution >= 4 is 28.7 Å². The third kappa shape index (κ3) is 5.74. The molecule has 1 aliphatic rings. The van der Waals surface area contributed by atoms with Crippen LogP contribution in [0.2, 0.25) is 0 Å². The Hall–Kier alpha value is -4.33. The predicted molar refractivity (Wildman–Crippen MR) is 137 cm³/mol. The van der Waals surface area contributed by atoms with Gasteiger partial charge in [0.15, 0.2) is 0 Å². The van der Waals surface area contributed by atoms with Gasteiger partial charge in [0.25, 0.3) is 0 Å². The van der Waals surface area contributed by atoms with Crippen molar-refractivity contribution in [3.63, 3.8) is 0 Å². The average Bonchev–Trinajstić information content (AvgIpc) is 3.22. The number of para-hydroxylation sites is 1. The molecule has 4 rings (SSSR count). The first kappa shape index (κ1) is 25.8. The van der Waals surface area contributed by atoms with Crippen LogP contribution in [0, 0.1) is 0 Å². The third-order valence-corrected chi connectivity index (χ3v) is 5.87. The number of carbonyl (C=O) groups excluding carboxylic acids is 3. The fourth-order valence-corrected chi connectivity index (χ4v) is 4.40. The molecule has 0 aliphatic carbocycles. The smallest absolute Gasteiger partial charge is 0.334 e. The van der Waals surface area contributed by atoms with Crippen molar-refractivity contribution in [2.75, 3.05) is 13.2 Å². The molecule has 0 saturated heterocycles. The van der Waals surface area contributed by atoms with E-state index < -0.39 is 17.9 Å². The van der Waals surface area contributed by atoms with Crippen LogP contribution in [0.4, 0.5) is 0 Å². The predicted octanol–water partition coefficient (Wildman–Crippen LogP) is 5.28. The minimum atomic E-state index is -0.584. The van der Waals surface area contributed by atoms with E-state index in [1.807, 2.05) is 61.5 Å². The Labute approximate surface area is 215 Å². The number of fused-ring (bicyclic) bond motifs is 3. The summed E-state index contributed by atoms with van der Waals surface area (Å²) >= 11 is 0. The van der Waals surface area contributed by atoms with Gasteiger partial charge >= 0.3 is 11.9 Å². The Bertz CT molecular complexity index is 1370. The first-order valence-corrected chi connectivity index (χ1v) is 12.2. The maximum Gasteiger partial charge on any atom is 0.334 e. The van der Waals surface area contributed by atoms with Crippen molar-refractivity contribution in [1.82, 2.24) is 4.57 Å². The van der Waals surface area contributed by atoms with Crippen LogP contribution in [-0.2, 0) is 30.4 Å². The molecule has 2 heterocycles. The van der Waals surface area contributed by atoms with Gasteiger partial charge in [-0.3, -0.25) is 4.79 Å². The number of allylic oxidation sites excluding steroid dienone is 2. The Morgan fingerprint density at radius 2 is 1.65 bits per heavy atom. The summed E-state index contributed by atoms with van der Waals surface area (Å²) in [7, 11) is 0. The van der Waals surface area contributed by atoms with E-state index in [4.69, 9.17) is 18.9 Å². The second-order valence-electron chi connectivity index (χ2n) is 8.38. The van der Waals surface area contributed by atoms with Crippen molar-refractivity contribution in [2.24, 2.45) is 0 Å². The van der Waals surface area contributed by atoms with E-state index in [1.165, 1.54) is 23.6 Å². The number of nitrogens with zero attached hydrogens (tertiary/aromatic N) is 1. The Morgan fingerprint density at radius 3 is 2.35 bits per heavy atom. The van der Waals surface area contributed by atoms with Gasteiger partial charge in [-0.1, -0.05) is 48.5 Å². The zero-order valence-corrected chi connectivity index (χ0v) is 21.1. The summed E-state index contributed by atoms with van der Waals surface area (Å²) in [4.78, 5) is 37.8. The van der Waals surface area contributed by atoms with Crippen LogP contribution in [0.1, 0.15) is 49.0 Å². The highest BCUT2D eigenvalue weighted by atomic mass is 16.5. The second kappa shape index (κ2) is 11.6. The van der Waals surface area contributed by atoms with Crippen LogP contribution in [-0.4, -0.2) is 35.6 Å². The minimum absolute atomic E-state index is 0.110. The van der Waals surface area contributed by atoms with Gasteiger partial charge in [0.2, 0.25) is 11.8 Å². The maximum atomic E-state index is 12.7. The number of carbonyl (C=O) groups is 3. The number of hydrogen-bond donors (Lipinski definition) is 0. The van der Waals surface area contributed by atoms with Crippen molar-refractivity contribution in [2.45, 2.75) is 39.7 Å². The average molecular weight is 504 g/mol. The molecule has 0 radical (unpaired) electrons. The summed E-state index contributed by atoms with van der Waals surface area (Å²) in [5.41, 5.74) is 2.21. The standard InChI is InChI=1S/C29H29NO7/c1-4-34-25(17-27(33)35-5-2)23-15-21(16-26(32)36-18-20-11-7-6-8-12-20)37-29-28(23)22-13-9-10-14-24(22)30(29)19(3)31/h6-14,16-17,23H,4-5,15,18H2,1-3H3/b21-16+,25-17+. The molecule has 37 heavy (non-hydrogen) atoms. The summed E-state index contributed by atoms with van der Waals surface area (Å²) in [6.45, 7) is 5.61. The van der Waals surface area contributed by atoms with Crippen LogP contribution < -0.4 is 4.74 Å². The van der Waals surface area contributed by atoms with E-state index in [0.717, 1.165) is 10.9 Å². The molecule has 1 unspecified atom stereocenters. The van der Waals surface area contributed by atoms with Crippen molar-refractivity contribution in [3.8, 4) is 5.88 Å². The number of benzene rings is 2. The van der Waals surface area contributed by atoms with Crippen LogP contribution in [0.5, 0.6) is 5.88 Å². The molecule has 2 aromatic carbocycles. The molecule has 3 aromatic rings. The highest BCUT2D eigenvalue weighted by Gasteiger charge is 2.36. The number of ether oxygens (including phenoxy) is 4. The van der Waals surface area contributed by atoms with Crippen molar-refractivity contribution in [1.29, 1.82) is 0 Å². The molecular weight excluding hydrogens is 474 g/mol. The molecule has 192 valence electrons. The molecule has 0 bridgehead atoms. The molecule has 0 saturated carbocycles. The first-order chi connectivity index (χ1) is 17.9. The molecule has 1 aliphatic heterocycles. The lowest BCUT2D eigenvalue weighted by atomic mass is 9.89. The summed E-state index contributed by atoms with van der Waals surface area (Å²) < 4.78 is 24.0. The van der Waals surface area contributed by atoms with E-state index in [1.54, 1.807) is 6.92 Å². The monoisotopic (exact) mass is 503 g/mol. The van der Waals surface area contributed by atoms with Gasteiger partial charge in [-0.2, -0.15) is 0 Å². The number of rotatable bonds is 8. The maximum absolute atomic E-state index is 12.7. The molecule has 0 spiro atoms. The molecule has 0 fully saturated rings. The number of aromatic nitrogens is 1. The molecule has 1 aromatic heterocycles. The van der Waals surface area contributed by atoms with Gasteiger partial charge in [-0.25, -0.2) is 14.2 Å². The molecule has 8 heteroatoms. The van der Waals surface area contributed by atoms with Crippen LogP contribution in [0.15, 0.2) is 78.3 Å². The lowest BCUT2D eigenvalue weighted by Crippen LogP contribution is -2.20. The van der Waals surface area contributed by atoms with Gasteiger partial charge in [-0.05, 0) is 25.5 Å². The van der Waals surface area contributed by atoms with E-state index in [9.17, 15) is 14.4 Å². The van der Waals surface area contributed by atoms with Crippen molar-refractivity contribution in [3.05, 3.63) is 89.4 Å². The topological polar surface area (TPSA) is 93.1 Å². The summed E-state index contributed by atoms with van der Waals surface area (Å²) in [6.07, 6.45) is 2.80. The van der Waals surface area contributed by atoms with Gasteiger partial charge in [0, 0.05) is 24.3 Å². The molecule has 0 amide bonds. The summed E-state index contributed by atoms with van der Waals surface area (Å²) in [5.74, 6) is -0.957. The van der Waals surface area contributed by atoms with Gasteiger partial charge in [-0.15, -0.1) is 0 Å². The Morgan fingerprint density at radius 1 is 0.946 bits per heavy atom. The normalized spacial score (nSPS) is 16.1. The van der Waals surface area contributed by atoms with E-state index in [2.05, 4.69) is 0 Å². The molecular formula is C29H29NO7. The zero-order valence-electron chi connectivity index (χ0n) is 21.1. The van der Waals surface area contributed by atoms with Gasteiger partial charge < -0.3 is 18.9 Å². The van der Waals surface area contributed by atoms with E-state index >= 15 is 0 Å². The largest absolute Gasteiger partial charge is 0.497 e. The molecule has 1 atom stereocenters. The zero-order chi connectivity index (χ0) is 26.4.